The summed E-state index contributed by atoms with van der Waals surface area (Å²) in [5, 5.41) is 3.67. The summed E-state index contributed by atoms with van der Waals surface area (Å²) in [6, 6.07) is 3.14. The Morgan fingerprint density at radius 1 is 1.26 bits per heavy atom. The van der Waals surface area contributed by atoms with Gasteiger partial charge in [0.05, 0.1) is 21.3 Å². The van der Waals surface area contributed by atoms with Gasteiger partial charge in [-0.15, -0.1) is 0 Å². The second-order valence-corrected chi connectivity index (χ2v) is 5.47. The van der Waals surface area contributed by atoms with E-state index in [1.54, 1.807) is 6.07 Å². The number of hydrogen-bond donors (Lipinski definition) is 1. The van der Waals surface area contributed by atoms with Gasteiger partial charge in [0.15, 0.2) is 0 Å². The largest absolute Gasteiger partial charge is 0.319 e. The molecular weight excluding hydrogens is 287 g/mol. The van der Waals surface area contributed by atoms with Gasteiger partial charge in [0.1, 0.15) is 0 Å². The van der Waals surface area contributed by atoms with Gasteiger partial charge in [0.2, 0.25) is 0 Å². The third-order valence-corrected chi connectivity index (χ3v) is 3.68. The van der Waals surface area contributed by atoms with Crippen molar-refractivity contribution in [1.82, 2.24) is 5.32 Å². The van der Waals surface area contributed by atoms with Gasteiger partial charge in [0.25, 0.3) is 11.7 Å². The van der Waals surface area contributed by atoms with Crippen molar-refractivity contribution in [2.75, 3.05) is 25.0 Å². The molecular formula is C13H14Cl2N2O2. The summed E-state index contributed by atoms with van der Waals surface area (Å²) >= 11 is 12.1. The summed E-state index contributed by atoms with van der Waals surface area (Å²) in [5.41, 5.74) is 0.656. The fourth-order valence-corrected chi connectivity index (χ4v) is 2.75. The first-order valence-electron chi connectivity index (χ1n) is 5.96. The van der Waals surface area contributed by atoms with E-state index in [0.29, 0.717) is 17.3 Å². The molecule has 1 aromatic rings. The lowest BCUT2D eigenvalue weighted by atomic mass is 10.1. The predicted octanol–water partition coefficient (Wildman–Crippen LogP) is 2.38. The van der Waals surface area contributed by atoms with E-state index in [1.807, 2.05) is 14.0 Å². The molecule has 2 rings (SSSR count). The number of benzene rings is 1. The molecule has 19 heavy (non-hydrogen) atoms. The van der Waals surface area contributed by atoms with Crippen LogP contribution in [0.2, 0.25) is 10.0 Å². The number of carbonyl (C=O) groups is 2. The highest BCUT2D eigenvalue weighted by atomic mass is 35.5. The van der Waals surface area contributed by atoms with Gasteiger partial charge in [0, 0.05) is 6.54 Å². The Kier molecular flexibility index (Phi) is 4.13. The number of rotatable bonds is 4. The Hall–Kier alpha value is -1.10. The van der Waals surface area contributed by atoms with E-state index in [1.165, 1.54) is 11.0 Å². The minimum atomic E-state index is -0.584. The third kappa shape index (κ3) is 2.48. The molecule has 1 aliphatic rings. The summed E-state index contributed by atoms with van der Waals surface area (Å²) in [6.07, 6.45) is 0. The van der Waals surface area contributed by atoms with Crippen LogP contribution in [0.3, 0.4) is 0 Å². The maximum absolute atomic E-state index is 12.0. The normalized spacial score (nSPS) is 15.9. The van der Waals surface area contributed by atoms with Crippen molar-refractivity contribution in [1.29, 1.82) is 0 Å². The monoisotopic (exact) mass is 300 g/mol. The van der Waals surface area contributed by atoms with Gasteiger partial charge in [-0.05, 0) is 31.6 Å². The van der Waals surface area contributed by atoms with Crippen LogP contribution in [-0.4, -0.2) is 31.8 Å². The van der Waals surface area contributed by atoms with Gasteiger partial charge in [-0.1, -0.05) is 30.1 Å². The van der Waals surface area contributed by atoms with Gasteiger partial charge in [-0.2, -0.15) is 0 Å². The zero-order valence-corrected chi connectivity index (χ0v) is 12.2. The number of carbonyl (C=O) groups excluding carboxylic acids is 2. The highest BCUT2D eigenvalue weighted by Crippen LogP contribution is 2.40. The molecule has 0 aliphatic carbocycles. The minimum absolute atomic E-state index is 0.197. The molecule has 1 aromatic carbocycles. The lowest BCUT2D eigenvalue weighted by molar-refractivity contribution is -0.114. The molecule has 1 unspecified atom stereocenters. The van der Waals surface area contributed by atoms with Crippen LogP contribution >= 0.6 is 23.2 Å². The molecule has 0 aromatic heterocycles. The summed E-state index contributed by atoms with van der Waals surface area (Å²) in [4.78, 5) is 25.4. The smallest absolute Gasteiger partial charge is 0.299 e. The molecule has 1 heterocycles. The molecule has 1 aliphatic heterocycles. The summed E-state index contributed by atoms with van der Waals surface area (Å²) in [7, 11) is 1.84. The maximum atomic E-state index is 12.0. The second kappa shape index (κ2) is 5.49. The number of halogens is 2. The number of Topliss-reactive ketones (excluding diaryl/α,β-unsaturated/α-hetero) is 1. The van der Waals surface area contributed by atoms with E-state index in [4.69, 9.17) is 23.2 Å². The number of amides is 1. The zero-order valence-electron chi connectivity index (χ0n) is 10.7. The Morgan fingerprint density at radius 3 is 2.53 bits per heavy atom. The molecule has 0 bridgehead atoms. The van der Waals surface area contributed by atoms with Gasteiger partial charge >= 0.3 is 0 Å². The van der Waals surface area contributed by atoms with Crippen LogP contribution in [0.15, 0.2) is 12.1 Å². The molecule has 6 heteroatoms. The van der Waals surface area contributed by atoms with E-state index < -0.39 is 11.7 Å². The second-order valence-electron chi connectivity index (χ2n) is 4.66. The zero-order chi connectivity index (χ0) is 14.2. The quantitative estimate of drug-likeness (QED) is 0.869. The van der Waals surface area contributed by atoms with Crippen LogP contribution < -0.4 is 10.2 Å². The lowest BCUT2D eigenvalue weighted by Gasteiger charge is -2.21. The Morgan fingerprint density at radius 2 is 1.89 bits per heavy atom. The van der Waals surface area contributed by atoms with Crippen molar-refractivity contribution in [3.05, 3.63) is 27.7 Å². The number of anilines is 1. The average Bonchev–Trinajstić information content (AvgIpc) is 2.60. The molecule has 0 spiro atoms. The van der Waals surface area contributed by atoms with Crippen molar-refractivity contribution in [3.8, 4) is 0 Å². The SMILES string of the molecule is CNCC(C)CN1C(=O)C(=O)c2c(Cl)ccc(Cl)c21. The molecule has 4 nitrogen and oxygen atoms in total. The number of hydrogen-bond acceptors (Lipinski definition) is 3. The van der Waals surface area contributed by atoms with Crippen molar-refractivity contribution >= 4 is 40.6 Å². The van der Waals surface area contributed by atoms with Crippen molar-refractivity contribution in [2.24, 2.45) is 5.92 Å². The highest BCUT2D eigenvalue weighted by Gasteiger charge is 2.39. The van der Waals surface area contributed by atoms with E-state index in [0.717, 1.165) is 6.54 Å². The first-order valence-corrected chi connectivity index (χ1v) is 6.71. The van der Waals surface area contributed by atoms with Crippen molar-refractivity contribution in [3.63, 3.8) is 0 Å². The molecule has 0 saturated carbocycles. The Bertz CT molecular complexity index is 546. The minimum Gasteiger partial charge on any atom is -0.319 e. The van der Waals surface area contributed by atoms with Crippen LogP contribution in [0.25, 0.3) is 0 Å². The topological polar surface area (TPSA) is 49.4 Å². The first-order chi connectivity index (χ1) is 8.97. The molecule has 1 N–H and O–H groups in total. The van der Waals surface area contributed by atoms with E-state index >= 15 is 0 Å². The average molecular weight is 301 g/mol. The summed E-state index contributed by atoms with van der Waals surface area (Å²) in [5.74, 6) is -0.949. The van der Waals surface area contributed by atoms with E-state index in [9.17, 15) is 9.59 Å². The third-order valence-electron chi connectivity index (χ3n) is 3.06. The number of fused-ring (bicyclic) bond motifs is 1. The fraction of sp³-hybridized carbons (Fsp3) is 0.385. The van der Waals surface area contributed by atoms with Crippen LogP contribution in [0, 0.1) is 5.92 Å². The van der Waals surface area contributed by atoms with E-state index in [-0.39, 0.29) is 16.5 Å². The fourth-order valence-electron chi connectivity index (χ4n) is 2.25. The van der Waals surface area contributed by atoms with Crippen LogP contribution in [0.5, 0.6) is 0 Å². The van der Waals surface area contributed by atoms with Crippen molar-refractivity contribution < 1.29 is 9.59 Å². The maximum Gasteiger partial charge on any atom is 0.299 e. The van der Waals surface area contributed by atoms with Gasteiger partial charge in [-0.25, -0.2) is 0 Å². The number of nitrogens with one attached hydrogen (secondary N) is 1. The Labute approximate surface area is 121 Å². The van der Waals surface area contributed by atoms with Crippen LogP contribution in [-0.2, 0) is 4.79 Å². The number of nitrogens with zero attached hydrogens (tertiary/aromatic N) is 1. The summed E-state index contributed by atoms with van der Waals surface area (Å²) in [6.45, 7) is 3.16. The standard InChI is InChI=1S/C13H14Cl2N2O2/c1-7(5-16-2)6-17-11-9(15)4-3-8(14)10(11)12(18)13(17)19/h3-4,7,16H,5-6H2,1-2H3. The summed E-state index contributed by atoms with van der Waals surface area (Å²) < 4.78 is 0. The number of ketones is 1. The Balaban J connectivity index is 2.41. The molecule has 102 valence electrons. The van der Waals surface area contributed by atoms with Crippen LogP contribution in [0.4, 0.5) is 5.69 Å². The van der Waals surface area contributed by atoms with Gasteiger partial charge < -0.3 is 10.2 Å². The highest BCUT2D eigenvalue weighted by molar-refractivity contribution is 6.56. The molecule has 0 radical (unpaired) electrons. The van der Waals surface area contributed by atoms with Gasteiger partial charge in [-0.3, -0.25) is 9.59 Å². The lowest BCUT2D eigenvalue weighted by Crippen LogP contribution is -2.36. The molecule has 1 atom stereocenters. The first kappa shape index (κ1) is 14.3. The van der Waals surface area contributed by atoms with E-state index in [2.05, 4.69) is 5.32 Å². The molecule has 0 fully saturated rings. The molecule has 0 saturated heterocycles. The van der Waals surface area contributed by atoms with Crippen molar-refractivity contribution in [2.45, 2.75) is 6.92 Å². The molecule has 1 amide bonds. The van der Waals surface area contributed by atoms with Crippen LogP contribution in [0.1, 0.15) is 17.3 Å². The predicted molar refractivity (Wildman–Crippen MR) is 76.2 cm³/mol.